The summed E-state index contributed by atoms with van der Waals surface area (Å²) < 4.78 is 0. The van der Waals surface area contributed by atoms with E-state index in [-0.39, 0.29) is 11.2 Å². The van der Waals surface area contributed by atoms with E-state index in [4.69, 9.17) is 5.11 Å². The zero-order valence-electron chi connectivity index (χ0n) is 12.4. The summed E-state index contributed by atoms with van der Waals surface area (Å²) in [5.41, 5.74) is 0. The van der Waals surface area contributed by atoms with Crippen LogP contribution in [0.5, 0.6) is 0 Å². The summed E-state index contributed by atoms with van der Waals surface area (Å²) >= 11 is 1.45. The molecule has 1 rings (SSSR count). The molecular formula is C14H24N2O4S. The first-order valence-electron chi connectivity index (χ1n) is 7.39. The van der Waals surface area contributed by atoms with Gasteiger partial charge < -0.3 is 15.3 Å². The number of likely N-dealkylation sites (tertiary alicyclic amines) is 1. The number of carbonyl (C=O) groups excluding carboxylic acids is 2. The first-order chi connectivity index (χ1) is 10.1. The fourth-order valence-corrected chi connectivity index (χ4v) is 3.36. The minimum absolute atomic E-state index is 0.136. The lowest BCUT2D eigenvalue weighted by Gasteiger charge is -2.24. The molecule has 0 aromatic carbocycles. The van der Waals surface area contributed by atoms with Crippen molar-refractivity contribution in [2.75, 3.05) is 18.8 Å². The van der Waals surface area contributed by atoms with Gasteiger partial charge in [0, 0.05) is 13.1 Å². The molecule has 7 heteroatoms. The van der Waals surface area contributed by atoms with Crippen molar-refractivity contribution in [3.63, 3.8) is 0 Å². The average Bonchev–Trinajstić information content (AvgIpc) is 2.74. The van der Waals surface area contributed by atoms with Crippen LogP contribution in [-0.4, -0.2) is 58.4 Å². The van der Waals surface area contributed by atoms with E-state index in [0.717, 1.165) is 25.9 Å². The van der Waals surface area contributed by atoms with E-state index < -0.39 is 12.0 Å². The van der Waals surface area contributed by atoms with E-state index in [1.54, 1.807) is 0 Å². The molecule has 0 spiro atoms. The van der Waals surface area contributed by atoms with Gasteiger partial charge in [0.1, 0.15) is 6.04 Å². The van der Waals surface area contributed by atoms with Crippen LogP contribution in [0.4, 0.5) is 0 Å². The molecule has 1 fully saturated rings. The Balaban J connectivity index is 2.34. The van der Waals surface area contributed by atoms with Crippen LogP contribution in [0.15, 0.2) is 0 Å². The summed E-state index contributed by atoms with van der Waals surface area (Å²) in [6, 6.07) is -0.879. The molecule has 6 nitrogen and oxygen atoms in total. The van der Waals surface area contributed by atoms with Crippen molar-refractivity contribution in [2.24, 2.45) is 0 Å². The molecule has 2 atom stereocenters. The van der Waals surface area contributed by atoms with Crippen LogP contribution in [0.2, 0.25) is 0 Å². The maximum absolute atomic E-state index is 12.3. The number of thioether (sulfide) groups is 1. The van der Waals surface area contributed by atoms with Gasteiger partial charge in [-0.05, 0) is 31.9 Å². The summed E-state index contributed by atoms with van der Waals surface area (Å²) in [7, 11) is 0. The molecular weight excluding hydrogens is 292 g/mol. The van der Waals surface area contributed by atoms with E-state index >= 15 is 0 Å². The Hall–Kier alpha value is -1.24. The Morgan fingerprint density at radius 2 is 1.90 bits per heavy atom. The van der Waals surface area contributed by atoms with E-state index in [2.05, 4.69) is 5.32 Å². The second-order valence-corrected chi connectivity index (χ2v) is 6.67. The van der Waals surface area contributed by atoms with Gasteiger partial charge in [-0.15, -0.1) is 11.8 Å². The Labute approximate surface area is 129 Å². The molecule has 0 aliphatic carbocycles. The molecule has 0 saturated carbocycles. The van der Waals surface area contributed by atoms with Crippen molar-refractivity contribution in [3.8, 4) is 0 Å². The van der Waals surface area contributed by atoms with E-state index in [1.807, 2.05) is 11.8 Å². The summed E-state index contributed by atoms with van der Waals surface area (Å²) in [5, 5.41) is 11.0. The molecule has 1 heterocycles. The monoisotopic (exact) mass is 316 g/mol. The van der Waals surface area contributed by atoms with Crippen LogP contribution in [-0.2, 0) is 14.4 Å². The summed E-state index contributed by atoms with van der Waals surface area (Å²) in [6.45, 7) is 3.52. The first kappa shape index (κ1) is 17.8. The van der Waals surface area contributed by atoms with Gasteiger partial charge in [-0.3, -0.25) is 9.59 Å². The minimum Gasteiger partial charge on any atom is -0.480 e. The second-order valence-electron chi connectivity index (χ2n) is 5.22. The zero-order valence-corrected chi connectivity index (χ0v) is 13.2. The Morgan fingerprint density at radius 1 is 1.29 bits per heavy atom. The molecule has 2 N–H and O–H groups in total. The van der Waals surface area contributed by atoms with Gasteiger partial charge in [0.25, 0.3) is 0 Å². The number of nitrogens with one attached hydrogen (secondary N) is 1. The zero-order chi connectivity index (χ0) is 15.7. The molecule has 120 valence electrons. The van der Waals surface area contributed by atoms with E-state index in [1.165, 1.54) is 24.6 Å². The second kappa shape index (κ2) is 9.65. The standard InChI is InChI=1S/C14H24N2O4S/c1-11(13(18)16-7-4-2-3-5-8-16)21-9-6-12(14(19)20)15-10-17/h10-12H,2-9H2,1H3,(H,15,17)(H,19,20). The molecule has 0 radical (unpaired) electrons. The first-order valence-corrected chi connectivity index (χ1v) is 8.44. The molecule has 1 aliphatic heterocycles. The molecule has 0 aromatic heterocycles. The number of carboxylic acid groups (broad SMARTS) is 1. The van der Waals surface area contributed by atoms with Gasteiger partial charge in [0.05, 0.1) is 5.25 Å². The number of rotatable bonds is 8. The molecule has 1 aliphatic rings. The largest absolute Gasteiger partial charge is 0.480 e. The van der Waals surface area contributed by atoms with Crippen LogP contribution >= 0.6 is 11.8 Å². The molecule has 0 bridgehead atoms. The molecule has 1 saturated heterocycles. The SMILES string of the molecule is CC(SCCC(NC=O)C(=O)O)C(=O)N1CCCCCC1. The Morgan fingerprint density at radius 3 is 2.43 bits per heavy atom. The van der Waals surface area contributed by atoms with E-state index in [0.29, 0.717) is 18.6 Å². The lowest BCUT2D eigenvalue weighted by atomic mass is 10.2. The highest BCUT2D eigenvalue weighted by atomic mass is 32.2. The fraction of sp³-hybridized carbons (Fsp3) is 0.786. The quantitative estimate of drug-likeness (QED) is 0.655. The highest BCUT2D eigenvalue weighted by molar-refractivity contribution is 8.00. The third kappa shape index (κ3) is 6.37. The van der Waals surface area contributed by atoms with E-state index in [9.17, 15) is 14.4 Å². The Bertz CT molecular complexity index is 357. The van der Waals surface area contributed by atoms with Crippen LogP contribution in [0.3, 0.4) is 0 Å². The fourth-order valence-electron chi connectivity index (χ4n) is 2.34. The summed E-state index contributed by atoms with van der Waals surface area (Å²) in [4.78, 5) is 35.4. The molecule has 2 unspecified atom stereocenters. The number of amides is 2. The topological polar surface area (TPSA) is 86.7 Å². The third-order valence-corrected chi connectivity index (χ3v) is 4.78. The predicted octanol–water partition coefficient (Wildman–Crippen LogP) is 1.10. The Kier molecular flexibility index (Phi) is 8.19. The number of nitrogens with zero attached hydrogens (tertiary/aromatic N) is 1. The van der Waals surface area contributed by atoms with Gasteiger partial charge in [-0.2, -0.15) is 0 Å². The summed E-state index contributed by atoms with van der Waals surface area (Å²) in [6.07, 6.45) is 5.21. The normalized spacial score (nSPS) is 18.4. The van der Waals surface area contributed by atoms with Crippen molar-refractivity contribution in [1.82, 2.24) is 10.2 Å². The van der Waals surface area contributed by atoms with Crippen LogP contribution in [0.1, 0.15) is 39.0 Å². The number of hydrogen-bond donors (Lipinski definition) is 2. The summed E-state index contributed by atoms with van der Waals surface area (Å²) in [5.74, 6) is -0.384. The maximum atomic E-state index is 12.3. The van der Waals surface area contributed by atoms with Gasteiger partial charge in [-0.25, -0.2) is 4.79 Å². The van der Waals surface area contributed by atoms with Crippen molar-refractivity contribution in [1.29, 1.82) is 0 Å². The van der Waals surface area contributed by atoms with Crippen molar-refractivity contribution in [2.45, 2.75) is 50.3 Å². The van der Waals surface area contributed by atoms with Crippen LogP contribution < -0.4 is 5.32 Å². The highest BCUT2D eigenvalue weighted by Crippen LogP contribution is 2.18. The number of aliphatic carboxylic acids is 1. The van der Waals surface area contributed by atoms with Crippen molar-refractivity contribution in [3.05, 3.63) is 0 Å². The van der Waals surface area contributed by atoms with Crippen LogP contribution in [0, 0.1) is 0 Å². The smallest absolute Gasteiger partial charge is 0.326 e. The highest BCUT2D eigenvalue weighted by Gasteiger charge is 2.23. The lowest BCUT2D eigenvalue weighted by Crippen LogP contribution is -2.38. The molecule has 21 heavy (non-hydrogen) atoms. The minimum atomic E-state index is -1.05. The number of carbonyl (C=O) groups is 3. The molecule has 2 amide bonds. The average molecular weight is 316 g/mol. The van der Waals surface area contributed by atoms with Gasteiger partial charge >= 0.3 is 5.97 Å². The third-order valence-electron chi connectivity index (χ3n) is 3.61. The number of carboxylic acids is 1. The number of hydrogen-bond acceptors (Lipinski definition) is 4. The molecule has 0 aromatic rings. The maximum Gasteiger partial charge on any atom is 0.326 e. The van der Waals surface area contributed by atoms with Crippen LogP contribution in [0.25, 0.3) is 0 Å². The lowest BCUT2D eigenvalue weighted by molar-refractivity contribution is -0.140. The van der Waals surface area contributed by atoms with Gasteiger partial charge in [0.15, 0.2) is 0 Å². The van der Waals surface area contributed by atoms with Crippen molar-refractivity contribution >= 4 is 30.0 Å². The predicted molar refractivity (Wildman–Crippen MR) is 82.2 cm³/mol. The van der Waals surface area contributed by atoms with Gasteiger partial charge in [0.2, 0.25) is 12.3 Å². The van der Waals surface area contributed by atoms with Gasteiger partial charge in [-0.1, -0.05) is 12.8 Å². The van der Waals surface area contributed by atoms with Crippen molar-refractivity contribution < 1.29 is 19.5 Å².